The minimum Gasteiger partial charge on any atom is -0.369 e. The van der Waals surface area contributed by atoms with Gasteiger partial charge in [0.05, 0.1) is 5.69 Å². The first-order chi connectivity index (χ1) is 10.1. The Hall–Kier alpha value is -2.05. The van der Waals surface area contributed by atoms with Crippen LogP contribution in [0.5, 0.6) is 0 Å². The van der Waals surface area contributed by atoms with Crippen LogP contribution in [-0.2, 0) is 24.8 Å². The first-order valence-corrected chi connectivity index (χ1v) is 7.52. The van der Waals surface area contributed by atoms with Gasteiger partial charge in [-0.1, -0.05) is 20.3 Å². The highest BCUT2D eigenvalue weighted by Gasteiger charge is 2.17. The van der Waals surface area contributed by atoms with E-state index < -0.39 is 0 Å². The van der Waals surface area contributed by atoms with Crippen LogP contribution < -0.4 is 11.1 Å². The van der Waals surface area contributed by atoms with Gasteiger partial charge in [0.1, 0.15) is 5.52 Å². The van der Waals surface area contributed by atoms with Crippen LogP contribution >= 0.6 is 0 Å². The molecule has 0 unspecified atom stereocenters. The summed E-state index contributed by atoms with van der Waals surface area (Å²) in [7, 11) is 1.89. The van der Waals surface area contributed by atoms with Crippen molar-refractivity contribution in [3.8, 4) is 0 Å². The average Bonchev–Trinajstić information content (AvgIpc) is 2.93. The SMILES string of the molecule is CCCNC(=O)CCn1c(N)nc2c(CCC)nn(C)c21. The summed E-state index contributed by atoms with van der Waals surface area (Å²) >= 11 is 0. The lowest BCUT2D eigenvalue weighted by molar-refractivity contribution is -0.121. The van der Waals surface area contributed by atoms with Crippen molar-refractivity contribution in [3.05, 3.63) is 5.69 Å². The van der Waals surface area contributed by atoms with Crippen LogP contribution in [0, 0.1) is 0 Å². The van der Waals surface area contributed by atoms with Gasteiger partial charge in [-0.3, -0.25) is 14.0 Å². The zero-order valence-electron chi connectivity index (χ0n) is 13.0. The average molecular weight is 292 g/mol. The van der Waals surface area contributed by atoms with Gasteiger partial charge in [-0.05, 0) is 12.8 Å². The third-order valence-corrected chi connectivity index (χ3v) is 3.44. The second-order valence-corrected chi connectivity index (χ2v) is 5.21. The van der Waals surface area contributed by atoms with E-state index in [-0.39, 0.29) is 5.91 Å². The van der Waals surface area contributed by atoms with E-state index in [1.54, 1.807) is 4.68 Å². The highest BCUT2D eigenvalue weighted by Crippen LogP contribution is 2.22. The molecular weight excluding hydrogens is 268 g/mol. The Bertz CT molecular complexity index is 627. The maximum Gasteiger partial charge on any atom is 0.221 e. The van der Waals surface area contributed by atoms with Crippen molar-refractivity contribution in [2.75, 3.05) is 12.3 Å². The van der Waals surface area contributed by atoms with E-state index >= 15 is 0 Å². The number of rotatable bonds is 7. The molecule has 0 saturated heterocycles. The quantitative estimate of drug-likeness (QED) is 0.802. The van der Waals surface area contributed by atoms with Crippen LogP contribution in [0.4, 0.5) is 5.95 Å². The van der Waals surface area contributed by atoms with E-state index in [0.717, 1.165) is 36.1 Å². The second-order valence-electron chi connectivity index (χ2n) is 5.21. The topological polar surface area (TPSA) is 90.8 Å². The van der Waals surface area contributed by atoms with Gasteiger partial charge in [0.2, 0.25) is 11.9 Å². The van der Waals surface area contributed by atoms with E-state index in [1.807, 2.05) is 18.5 Å². The van der Waals surface area contributed by atoms with E-state index in [0.29, 0.717) is 25.5 Å². The molecule has 21 heavy (non-hydrogen) atoms. The van der Waals surface area contributed by atoms with Crippen molar-refractivity contribution in [1.82, 2.24) is 24.6 Å². The normalized spacial score (nSPS) is 11.2. The highest BCUT2D eigenvalue weighted by molar-refractivity contribution is 5.79. The maximum atomic E-state index is 11.7. The summed E-state index contributed by atoms with van der Waals surface area (Å²) in [4.78, 5) is 16.1. The number of fused-ring (bicyclic) bond motifs is 1. The lowest BCUT2D eigenvalue weighted by Crippen LogP contribution is -2.25. The molecule has 2 aromatic rings. The van der Waals surface area contributed by atoms with Crippen molar-refractivity contribution in [3.63, 3.8) is 0 Å². The first kappa shape index (κ1) is 15.3. The Balaban J connectivity index is 2.19. The summed E-state index contributed by atoms with van der Waals surface area (Å²) in [5, 5.41) is 7.36. The Morgan fingerprint density at radius 1 is 1.33 bits per heavy atom. The van der Waals surface area contributed by atoms with Crippen LogP contribution in [0.1, 0.15) is 38.8 Å². The summed E-state index contributed by atoms with van der Waals surface area (Å²) in [5.41, 5.74) is 8.71. The Morgan fingerprint density at radius 2 is 2.10 bits per heavy atom. The Kier molecular flexibility index (Phi) is 4.82. The molecule has 0 aliphatic carbocycles. The zero-order chi connectivity index (χ0) is 15.4. The van der Waals surface area contributed by atoms with Crippen LogP contribution in [-0.4, -0.2) is 31.8 Å². The van der Waals surface area contributed by atoms with Crippen molar-refractivity contribution in [2.45, 2.75) is 46.1 Å². The molecule has 0 atom stereocenters. The highest BCUT2D eigenvalue weighted by atomic mass is 16.1. The van der Waals surface area contributed by atoms with E-state index in [2.05, 4.69) is 22.3 Å². The minimum atomic E-state index is 0.0362. The third-order valence-electron chi connectivity index (χ3n) is 3.44. The summed E-state index contributed by atoms with van der Waals surface area (Å²) in [6.07, 6.45) is 3.22. The summed E-state index contributed by atoms with van der Waals surface area (Å²) in [6, 6.07) is 0. The molecule has 0 spiro atoms. The van der Waals surface area contributed by atoms with Crippen LogP contribution in [0.25, 0.3) is 11.2 Å². The third kappa shape index (κ3) is 3.17. The van der Waals surface area contributed by atoms with Crippen LogP contribution in [0.2, 0.25) is 0 Å². The number of hydrogen-bond acceptors (Lipinski definition) is 4. The first-order valence-electron chi connectivity index (χ1n) is 7.52. The molecule has 2 heterocycles. The number of imidazole rings is 1. The number of carbonyl (C=O) groups excluding carboxylic acids is 1. The van der Waals surface area contributed by atoms with Crippen molar-refractivity contribution < 1.29 is 4.79 Å². The smallest absolute Gasteiger partial charge is 0.221 e. The number of nitrogens with two attached hydrogens (primary N) is 1. The standard InChI is InChI=1S/C14H24N6O/c1-4-6-10-12-13(19(3)18-10)20(14(15)17-12)9-7-11(21)16-8-5-2/h4-9H2,1-3H3,(H2,15,17)(H,16,21). The molecule has 116 valence electrons. The molecule has 0 fully saturated rings. The minimum absolute atomic E-state index is 0.0362. The predicted molar refractivity (Wildman–Crippen MR) is 82.8 cm³/mol. The number of aryl methyl sites for hydroxylation is 3. The van der Waals surface area contributed by atoms with Crippen molar-refractivity contribution in [1.29, 1.82) is 0 Å². The number of nitrogens with one attached hydrogen (secondary N) is 1. The van der Waals surface area contributed by atoms with Crippen LogP contribution in [0.15, 0.2) is 0 Å². The van der Waals surface area contributed by atoms with Crippen molar-refractivity contribution in [2.24, 2.45) is 7.05 Å². The molecule has 7 heteroatoms. The van der Waals surface area contributed by atoms with Crippen LogP contribution in [0.3, 0.4) is 0 Å². The number of hydrogen-bond donors (Lipinski definition) is 2. The molecule has 0 aromatic carbocycles. The fraction of sp³-hybridized carbons (Fsp3) is 0.643. The summed E-state index contributed by atoms with van der Waals surface area (Å²) in [6.45, 7) is 5.37. The van der Waals surface area contributed by atoms with Gasteiger partial charge in [-0.15, -0.1) is 0 Å². The summed E-state index contributed by atoms with van der Waals surface area (Å²) in [5.74, 6) is 0.479. The fourth-order valence-electron chi connectivity index (χ4n) is 2.45. The van der Waals surface area contributed by atoms with Gasteiger partial charge < -0.3 is 11.1 Å². The van der Waals surface area contributed by atoms with Gasteiger partial charge in [0.15, 0.2) is 5.65 Å². The largest absolute Gasteiger partial charge is 0.369 e. The fourth-order valence-corrected chi connectivity index (χ4v) is 2.45. The maximum absolute atomic E-state index is 11.7. The van der Waals surface area contributed by atoms with E-state index in [4.69, 9.17) is 5.73 Å². The molecule has 2 aromatic heterocycles. The van der Waals surface area contributed by atoms with Gasteiger partial charge >= 0.3 is 0 Å². The van der Waals surface area contributed by atoms with Gasteiger partial charge in [-0.2, -0.15) is 5.10 Å². The number of nitrogen functional groups attached to an aromatic ring is 1. The molecule has 2 rings (SSSR count). The molecule has 0 aliphatic heterocycles. The molecule has 0 radical (unpaired) electrons. The molecule has 3 N–H and O–H groups in total. The number of carbonyl (C=O) groups is 1. The Labute approximate surface area is 124 Å². The molecule has 0 saturated carbocycles. The molecule has 0 bridgehead atoms. The van der Waals surface area contributed by atoms with Gasteiger partial charge in [0, 0.05) is 26.6 Å². The number of amides is 1. The second kappa shape index (κ2) is 6.60. The number of anilines is 1. The molecule has 1 amide bonds. The van der Waals surface area contributed by atoms with E-state index in [9.17, 15) is 4.79 Å². The molecule has 7 nitrogen and oxygen atoms in total. The number of nitrogens with zero attached hydrogens (tertiary/aromatic N) is 4. The summed E-state index contributed by atoms with van der Waals surface area (Å²) < 4.78 is 3.67. The van der Waals surface area contributed by atoms with E-state index in [1.165, 1.54) is 0 Å². The Morgan fingerprint density at radius 3 is 2.76 bits per heavy atom. The monoisotopic (exact) mass is 292 g/mol. The van der Waals surface area contributed by atoms with Gasteiger partial charge in [0.25, 0.3) is 0 Å². The zero-order valence-corrected chi connectivity index (χ0v) is 13.0. The molecular formula is C14H24N6O. The lowest BCUT2D eigenvalue weighted by Gasteiger charge is -2.07. The number of aromatic nitrogens is 4. The van der Waals surface area contributed by atoms with Gasteiger partial charge in [-0.25, -0.2) is 4.98 Å². The van der Waals surface area contributed by atoms with Crippen molar-refractivity contribution >= 4 is 23.0 Å². The molecule has 0 aliphatic rings. The lowest BCUT2D eigenvalue weighted by atomic mass is 10.2. The predicted octanol–water partition coefficient (Wildman–Crippen LogP) is 1.22.